The van der Waals surface area contributed by atoms with E-state index in [9.17, 15) is 9.90 Å². The van der Waals surface area contributed by atoms with Crippen LogP contribution in [0.25, 0.3) is 16.5 Å². The maximum absolute atomic E-state index is 10.4. The van der Waals surface area contributed by atoms with Gasteiger partial charge in [0.15, 0.2) is 0 Å². The summed E-state index contributed by atoms with van der Waals surface area (Å²) in [4.78, 5) is 10.4. The fraction of sp³-hybridized carbons (Fsp3) is 0. The number of amides is 1. The van der Waals surface area contributed by atoms with Crippen LogP contribution >= 0.6 is 0 Å². The van der Waals surface area contributed by atoms with Crippen molar-refractivity contribution >= 4 is 22.9 Å². The number of nitrogens with one attached hydrogen (secondary N) is 1. The standard InChI is InChI=1S/C13H11NO2/c1-9(14-8-15)13-7-11(16)6-10-4-2-3-5-12(10)13/h2-8,16H,1H2,(H,14,15). The maximum Gasteiger partial charge on any atom is 0.211 e. The summed E-state index contributed by atoms with van der Waals surface area (Å²) in [7, 11) is 0. The molecule has 0 unspecified atom stereocenters. The quantitative estimate of drug-likeness (QED) is 0.768. The van der Waals surface area contributed by atoms with Crippen molar-refractivity contribution in [3.8, 4) is 5.75 Å². The van der Waals surface area contributed by atoms with E-state index >= 15 is 0 Å². The van der Waals surface area contributed by atoms with Gasteiger partial charge in [0.25, 0.3) is 0 Å². The molecule has 2 aromatic rings. The summed E-state index contributed by atoms with van der Waals surface area (Å²) in [5.74, 6) is 0.155. The zero-order valence-corrected chi connectivity index (χ0v) is 8.60. The number of phenolic OH excluding ortho intramolecular Hbond substituents is 1. The lowest BCUT2D eigenvalue weighted by Gasteiger charge is -2.09. The van der Waals surface area contributed by atoms with Gasteiger partial charge in [0.2, 0.25) is 6.41 Å². The average molecular weight is 213 g/mol. The van der Waals surface area contributed by atoms with Crippen molar-refractivity contribution in [1.29, 1.82) is 0 Å². The molecule has 80 valence electrons. The van der Waals surface area contributed by atoms with Crippen molar-refractivity contribution in [2.75, 3.05) is 0 Å². The van der Waals surface area contributed by atoms with E-state index in [-0.39, 0.29) is 5.75 Å². The molecule has 0 atom stereocenters. The summed E-state index contributed by atoms with van der Waals surface area (Å²) < 4.78 is 0. The van der Waals surface area contributed by atoms with Gasteiger partial charge in [0.1, 0.15) is 5.75 Å². The van der Waals surface area contributed by atoms with Gasteiger partial charge in [-0.05, 0) is 22.9 Å². The molecule has 0 saturated heterocycles. The smallest absolute Gasteiger partial charge is 0.211 e. The van der Waals surface area contributed by atoms with E-state index < -0.39 is 0 Å². The summed E-state index contributed by atoms with van der Waals surface area (Å²) in [5, 5.41) is 13.9. The third-order valence-corrected chi connectivity index (χ3v) is 2.40. The second-order valence-corrected chi connectivity index (χ2v) is 3.46. The number of rotatable bonds is 3. The van der Waals surface area contributed by atoms with E-state index in [0.717, 1.165) is 16.3 Å². The zero-order chi connectivity index (χ0) is 11.5. The van der Waals surface area contributed by atoms with Crippen LogP contribution in [0, 0.1) is 0 Å². The number of aromatic hydroxyl groups is 1. The predicted molar refractivity (Wildman–Crippen MR) is 63.8 cm³/mol. The van der Waals surface area contributed by atoms with E-state index in [0.29, 0.717) is 12.1 Å². The normalized spacial score (nSPS) is 10.0. The summed E-state index contributed by atoms with van der Waals surface area (Å²) in [5.41, 5.74) is 1.20. The number of carbonyl (C=O) groups excluding carboxylic acids is 1. The van der Waals surface area contributed by atoms with E-state index in [1.54, 1.807) is 12.1 Å². The Hall–Kier alpha value is -2.29. The second-order valence-electron chi connectivity index (χ2n) is 3.46. The number of hydrogen-bond donors (Lipinski definition) is 2. The van der Waals surface area contributed by atoms with Crippen molar-refractivity contribution in [3.05, 3.63) is 48.5 Å². The van der Waals surface area contributed by atoms with Crippen LogP contribution in [-0.2, 0) is 4.79 Å². The van der Waals surface area contributed by atoms with Crippen molar-refractivity contribution in [2.45, 2.75) is 0 Å². The molecular formula is C13H11NO2. The van der Waals surface area contributed by atoms with Gasteiger partial charge >= 0.3 is 0 Å². The molecule has 0 aliphatic carbocycles. The lowest BCUT2D eigenvalue weighted by Crippen LogP contribution is -2.07. The van der Waals surface area contributed by atoms with Gasteiger partial charge in [-0.15, -0.1) is 0 Å². The lowest BCUT2D eigenvalue weighted by atomic mass is 10.0. The molecule has 0 bridgehead atoms. The summed E-state index contributed by atoms with van der Waals surface area (Å²) in [6.45, 7) is 3.75. The molecule has 0 fully saturated rings. The summed E-state index contributed by atoms with van der Waals surface area (Å²) in [6.07, 6.45) is 0.571. The first-order chi connectivity index (χ1) is 7.72. The minimum Gasteiger partial charge on any atom is -0.508 e. The fourth-order valence-electron chi connectivity index (χ4n) is 1.69. The van der Waals surface area contributed by atoms with Crippen LogP contribution in [0.1, 0.15) is 5.56 Å². The predicted octanol–water partition coefficient (Wildman–Crippen LogP) is 2.26. The van der Waals surface area contributed by atoms with Crippen LogP contribution in [0.5, 0.6) is 5.75 Å². The van der Waals surface area contributed by atoms with Crippen LogP contribution in [-0.4, -0.2) is 11.5 Å². The number of hydrogen-bond acceptors (Lipinski definition) is 2. The molecule has 0 spiro atoms. The second kappa shape index (κ2) is 4.06. The van der Waals surface area contributed by atoms with Crippen LogP contribution in [0.2, 0.25) is 0 Å². The monoisotopic (exact) mass is 213 g/mol. The van der Waals surface area contributed by atoms with Crippen LogP contribution in [0.3, 0.4) is 0 Å². The third kappa shape index (κ3) is 1.75. The Morgan fingerprint density at radius 1 is 1.31 bits per heavy atom. The molecule has 0 aromatic heterocycles. The first kappa shape index (κ1) is 10.2. The molecule has 3 nitrogen and oxygen atoms in total. The van der Waals surface area contributed by atoms with E-state index in [2.05, 4.69) is 11.9 Å². The number of carbonyl (C=O) groups is 1. The summed E-state index contributed by atoms with van der Waals surface area (Å²) in [6, 6.07) is 10.9. The number of benzene rings is 2. The first-order valence-corrected chi connectivity index (χ1v) is 4.83. The molecule has 16 heavy (non-hydrogen) atoms. The average Bonchev–Trinajstić information content (AvgIpc) is 2.28. The molecule has 2 rings (SSSR count). The summed E-state index contributed by atoms with van der Waals surface area (Å²) >= 11 is 0. The highest BCUT2D eigenvalue weighted by molar-refractivity contribution is 5.95. The Balaban J connectivity index is 2.67. The highest BCUT2D eigenvalue weighted by Gasteiger charge is 2.05. The highest BCUT2D eigenvalue weighted by Crippen LogP contribution is 2.27. The fourth-order valence-corrected chi connectivity index (χ4v) is 1.69. The molecule has 1 amide bonds. The van der Waals surface area contributed by atoms with Crippen molar-refractivity contribution in [1.82, 2.24) is 5.32 Å². The van der Waals surface area contributed by atoms with E-state index in [4.69, 9.17) is 0 Å². The van der Waals surface area contributed by atoms with Crippen LogP contribution < -0.4 is 5.32 Å². The minimum absolute atomic E-state index is 0.155. The minimum atomic E-state index is 0.155. The SMILES string of the molecule is C=C(NC=O)c1cc(O)cc2ccccc12. The Kier molecular flexibility index (Phi) is 2.60. The Morgan fingerprint density at radius 2 is 2.06 bits per heavy atom. The number of phenols is 1. The van der Waals surface area contributed by atoms with Gasteiger partial charge in [0, 0.05) is 11.3 Å². The highest BCUT2D eigenvalue weighted by atomic mass is 16.3. The van der Waals surface area contributed by atoms with Gasteiger partial charge in [-0.2, -0.15) is 0 Å². The van der Waals surface area contributed by atoms with Gasteiger partial charge < -0.3 is 10.4 Å². The Bertz CT molecular complexity index is 561. The van der Waals surface area contributed by atoms with Gasteiger partial charge in [-0.25, -0.2) is 0 Å². The molecule has 0 heterocycles. The molecule has 2 aromatic carbocycles. The van der Waals surface area contributed by atoms with Crippen molar-refractivity contribution in [3.63, 3.8) is 0 Å². The molecule has 3 heteroatoms. The molecular weight excluding hydrogens is 202 g/mol. The van der Waals surface area contributed by atoms with E-state index in [1.807, 2.05) is 24.3 Å². The molecule has 0 saturated carbocycles. The maximum atomic E-state index is 10.4. The van der Waals surface area contributed by atoms with Crippen LogP contribution in [0.4, 0.5) is 0 Å². The zero-order valence-electron chi connectivity index (χ0n) is 8.60. The van der Waals surface area contributed by atoms with Gasteiger partial charge in [0.05, 0.1) is 0 Å². The first-order valence-electron chi connectivity index (χ1n) is 4.83. The lowest BCUT2D eigenvalue weighted by molar-refractivity contribution is -0.108. The largest absolute Gasteiger partial charge is 0.508 e. The topological polar surface area (TPSA) is 49.3 Å². The van der Waals surface area contributed by atoms with Gasteiger partial charge in [-0.3, -0.25) is 4.79 Å². The van der Waals surface area contributed by atoms with Crippen LogP contribution in [0.15, 0.2) is 43.0 Å². The number of fused-ring (bicyclic) bond motifs is 1. The Labute approximate surface area is 93.0 Å². The molecule has 0 aliphatic heterocycles. The van der Waals surface area contributed by atoms with Crippen molar-refractivity contribution < 1.29 is 9.90 Å². The third-order valence-electron chi connectivity index (χ3n) is 2.40. The molecule has 0 radical (unpaired) electrons. The van der Waals surface area contributed by atoms with Gasteiger partial charge in [-0.1, -0.05) is 30.8 Å². The Morgan fingerprint density at radius 3 is 2.81 bits per heavy atom. The molecule has 2 N–H and O–H groups in total. The van der Waals surface area contributed by atoms with E-state index in [1.165, 1.54) is 0 Å². The molecule has 0 aliphatic rings. The van der Waals surface area contributed by atoms with Crippen molar-refractivity contribution in [2.24, 2.45) is 0 Å².